The smallest absolute Gasteiger partial charge is 0.255 e. The van der Waals surface area contributed by atoms with E-state index in [9.17, 15) is 14.0 Å². The zero-order chi connectivity index (χ0) is 19.1. The van der Waals surface area contributed by atoms with Crippen LogP contribution in [-0.2, 0) is 0 Å². The van der Waals surface area contributed by atoms with E-state index in [0.717, 1.165) is 6.07 Å². The van der Waals surface area contributed by atoms with Crippen molar-refractivity contribution in [2.45, 2.75) is 0 Å². The number of amides is 2. The van der Waals surface area contributed by atoms with Crippen molar-refractivity contribution in [3.8, 4) is 5.75 Å². The number of methoxy groups -OCH3 is 1. The van der Waals surface area contributed by atoms with Gasteiger partial charge in [0.2, 0.25) is 0 Å². The minimum atomic E-state index is -0.538. The topological polar surface area (TPSA) is 70.7 Å². The maximum absolute atomic E-state index is 13.7. The molecular formula is C19H23ClFN3O3. The van der Waals surface area contributed by atoms with Crippen molar-refractivity contribution in [3.63, 3.8) is 0 Å². The summed E-state index contributed by atoms with van der Waals surface area (Å²) < 4.78 is 18.7. The summed E-state index contributed by atoms with van der Waals surface area (Å²) in [7, 11) is 4.97. The van der Waals surface area contributed by atoms with E-state index in [1.54, 1.807) is 38.4 Å². The number of ether oxygens (including phenoxy) is 1. The first-order valence-corrected chi connectivity index (χ1v) is 8.11. The number of nitrogens with one attached hydrogen (secondary N) is 2. The van der Waals surface area contributed by atoms with E-state index in [2.05, 4.69) is 10.6 Å². The van der Waals surface area contributed by atoms with Crippen molar-refractivity contribution in [3.05, 3.63) is 59.4 Å². The summed E-state index contributed by atoms with van der Waals surface area (Å²) in [5.74, 6) is -0.658. The minimum absolute atomic E-state index is 0. The van der Waals surface area contributed by atoms with Crippen LogP contribution >= 0.6 is 12.4 Å². The van der Waals surface area contributed by atoms with Crippen LogP contribution in [0.25, 0.3) is 0 Å². The Morgan fingerprint density at radius 2 is 1.81 bits per heavy atom. The fourth-order valence-corrected chi connectivity index (χ4v) is 2.33. The highest BCUT2D eigenvalue weighted by atomic mass is 35.5. The zero-order valence-electron chi connectivity index (χ0n) is 15.4. The maximum atomic E-state index is 13.7. The molecule has 2 aromatic rings. The van der Waals surface area contributed by atoms with Gasteiger partial charge in [0, 0.05) is 25.7 Å². The van der Waals surface area contributed by atoms with E-state index in [0.29, 0.717) is 24.4 Å². The molecule has 2 rings (SSSR count). The second-order valence-electron chi connectivity index (χ2n) is 5.70. The number of anilines is 1. The highest BCUT2D eigenvalue weighted by Gasteiger charge is 2.18. The molecule has 0 spiro atoms. The van der Waals surface area contributed by atoms with Crippen LogP contribution in [0, 0.1) is 5.82 Å². The van der Waals surface area contributed by atoms with Crippen LogP contribution in [0.1, 0.15) is 20.7 Å². The Bertz CT molecular complexity index is 784. The molecule has 0 saturated heterocycles. The number of carbonyl (C=O) groups is 2. The van der Waals surface area contributed by atoms with Crippen molar-refractivity contribution in [2.24, 2.45) is 0 Å². The molecular weight excluding hydrogens is 373 g/mol. The summed E-state index contributed by atoms with van der Waals surface area (Å²) >= 11 is 0. The summed E-state index contributed by atoms with van der Waals surface area (Å²) in [6.07, 6.45) is 0. The first kappa shape index (κ1) is 22.4. The van der Waals surface area contributed by atoms with Crippen molar-refractivity contribution >= 4 is 29.9 Å². The van der Waals surface area contributed by atoms with Crippen molar-refractivity contribution in [2.75, 3.05) is 39.6 Å². The predicted octanol–water partition coefficient (Wildman–Crippen LogP) is 2.80. The van der Waals surface area contributed by atoms with Crippen LogP contribution in [0.3, 0.4) is 0 Å². The second kappa shape index (κ2) is 10.5. The number of rotatable bonds is 7. The molecule has 6 nitrogen and oxygen atoms in total. The summed E-state index contributed by atoms with van der Waals surface area (Å²) in [6, 6.07) is 10.2. The fraction of sp³-hybridized carbons (Fsp3) is 0.263. The number of carbonyl (C=O) groups excluding carboxylic acids is 2. The molecule has 0 aromatic heterocycles. The Balaban J connectivity index is 0.00000364. The first-order chi connectivity index (χ1) is 12.5. The molecule has 0 radical (unpaired) electrons. The van der Waals surface area contributed by atoms with E-state index in [1.165, 1.54) is 24.1 Å². The summed E-state index contributed by atoms with van der Waals surface area (Å²) in [5, 5.41) is 5.57. The van der Waals surface area contributed by atoms with Gasteiger partial charge in [0.05, 0.1) is 18.4 Å². The van der Waals surface area contributed by atoms with E-state index >= 15 is 0 Å². The van der Waals surface area contributed by atoms with E-state index in [4.69, 9.17) is 4.74 Å². The molecule has 0 aliphatic carbocycles. The number of hydrogen-bond acceptors (Lipinski definition) is 4. The van der Waals surface area contributed by atoms with Crippen LogP contribution < -0.4 is 15.4 Å². The summed E-state index contributed by atoms with van der Waals surface area (Å²) in [4.78, 5) is 26.5. The number of halogens is 2. The molecule has 27 heavy (non-hydrogen) atoms. The van der Waals surface area contributed by atoms with Gasteiger partial charge in [0.25, 0.3) is 11.8 Å². The average molecular weight is 396 g/mol. The Hall–Kier alpha value is -2.64. The Kier molecular flexibility index (Phi) is 8.71. The predicted molar refractivity (Wildman–Crippen MR) is 105 cm³/mol. The minimum Gasteiger partial charge on any atom is -0.497 e. The van der Waals surface area contributed by atoms with Crippen LogP contribution in [0.5, 0.6) is 5.75 Å². The number of nitrogens with zero attached hydrogens (tertiary/aromatic N) is 1. The molecule has 2 amide bonds. The standard InChI is InChI=1S/C19H22FN3O3.ClH/c1-21-10-11-23(2)19(25)16-9-6-14(20)12-17(16)22-18(24)13-4-7-15(26-3)8-5-13;/h4-9,12,21H,10-11H2,1-3H3,(H,22,24);1H. The Morgan fingerprint density at radius 1 is 1.15 bits per heavy atom. The van der Waals surface area contributed by atoms with Gasteiger partial charge in [-0.1, -0.05) is 0 Å². The van der Waals surface area contributed by atoms with Gasteiger partial charge in [-0.15, -0.1) is 12.4 Å². The van der Waals surface area contributed by atoms with Gasteiger partial charge in [0.1, 0.15) is 11.6 Å². The van der Waals surface area contributed by atoms with Gasteiger partial charge in [-0.05, 0) is 49.5 Å². The van der Waals surface area contributed by atoms with Crippen molar-refractivity contribution in [1.82, 2.24) is 10.2 Å². The van der Waals surface area contributed by atoms with Crippen molar-refractivity contribution in [1.29, 1.82) is 0 Å². The monoisotopic (exact) mass is 395 g/mol. The first-order valence-electron chi connectivity index (χ1n) is 8.11. The summed E-state index contributed by atoms with van der Waals surface area (Å²) in [6.45, 7) is 1.11. The lowest BCUT2D eigenvalue weighted by molar-refractivity contribution is 0.0798. The highest BCUT2D eigenvalue weighted by molar-refractivity contribution is 6.09. The largest absolute Gasteiger partial charge is 0.497 e. The normalized spacial score (nSPS) is 9.93. The van der Waals surface area contributed by atoms with Gasteiger partial charge in [-0.3, -0.25) is 9.59 Å². The quantitative estimate of drug-likeness (QED) is 0.756. The zero-order valence-corrected chi connectivity index (χ0v) is 16.2. The SMILES string of the molecule is CNCCN(C)C(=O)c1ccc(F)cc1NC(=O)c1ccc(OC)cc1.Cl. The highest BCUT2D eigenvalue weighted by Crippen LogP contribution is 2.20. The Morgan fingerprint density at radius 3 is 2.41 bits per heavy atom. The summed E-state index contributed by atoms with van der Waals surface area (Å²) in [5.41, 5.74) is 0.732. The lowest BCUT2D eigenvalue weighted by Crippen LogP contribution is -2.33. The molecule has 146 valence electrons. The molecule has 0 aliphatic rings. The van der Waals surface area contributed by atoms with Gasteiger partial charge < -0.3 is 20.3 Å². The van der Waals surface area contributed by atoms with Crippen LogP contribution in [-0.4, -0.2) is 51.0 Å². The van der Waals surface area contributed by atoms with Gasteiger partial charge in [-0.25, -0.2) is 4.39 Å². The van der Waals surface area contributed by atoms with Crippen LogP contribution in [0.2, 0.25) is 0 Å². The molecule has 0 atom stereocenters. The lowest BCUT2D eigenvalue weighted by Gasteiger charge is -2.19. The van der Waals surface area contributed by atoms with Gasteiger partial charge in [-0.2, -0.15) is 0 Å². The van der Waals surface area contributed by atoms with E-state index < -0.39 is 11.7 Å². The molecule has 0 aliphatic heterocycles. The van der Waals surface area contributed by atoms with E-state index in [1.807, 2.05) is 0 Å². The molecule has 0 unspecified atom stereocenters. The molecule has 0 saturated carbocycles. The lowest BCUT2D eigenvalue weighted by atomic mass is 10.1. The second-order valence-corrected chi connectivity index (χ2v) is 5.70. The fourth-order valence-electron chi connectivity index (χ4n) is 2.33. The van der Waals surface area contributed by atoms with Gasteiger partial charge in [0.15, 0.2) is 0 Å². The van der Waals surface area contributed by atoms with Gasteiger partial charge >= 0.3 is 0 Å². The third-order valence-corrected chi connectivity index (χ3v) is 3.86. The number of hydrogen-bond donors (Lipinski definition) is 2. The van der Waals surface area contributed by atoms with E-state index in [-0.39, 0.29) is 29.6 Å². The maximum Gasteiger partial charge on any atom is 0.255 e. The number of benzene rings is 2. The average Bonchev–Trinajstić information content (AvgIpc) is 2.65. The molecule has 0 heterocycles. The molecule has 2 N–H and O–H groups in total. The molecule has 0 fully saturated rings. The molecule has 0 bridgehead atoms. The third-order valence-electron chi connectivity index (χ3n) is 3.86. The van der Waals surface area contributed by atoms with Crippen LogP contribution in [0.15, 0.2) is 42.5 Å². The van der Waals surface area contributed by atoms with Crippen molar-refractivity contribution < 1.29 is 18.7 Å². The van der Waals surface area contributed by atoms with Crippen LogP contribution in [0.4, 0.5) is 10.1 Å². The molecule has 8 heteroatoms. The number of likely N-dealkylation sites (N-methyl/N-ethyl adjacent to an activating group) is 2. The Labute approximate surface area is 164 Å². The molecule has 2 aromatic carbocycles. The third kappa shape index (κ3) is 5.94.